The van der Waals surface area contributed by atoms with Crippen LogP contribution in [-0.4, -0.2) is 16.4 Å². The molecule has 0 aliphatic heterocycles. The van der Waals surface area contributed by atoms with Gasteiger partial charge in [0.25, 0.3) is 0 Å². The predicted molar refractivity (Wildman–Crippen MR) is 51.3 cm³/mol. The molecule has 0 radical (unpaired) electrons. The van der Waals surface area contributed by atoms with Crippen LogP contribution in [0.3, 0.4) is 0 Å². The van der Waals surface area contributed by atoms with Gasteiger partial charge in [-0.3, -0.25) is 9.59 Å². The van der Waals surface area contributed by atoms with Crippen LogP contribution >= 0.6 is 23.2 Å². The monoisotopic (exact) mass is 216 g/mol. The zero-order valence-corrected chi connectivity index (χ0v) is 8.05. The minimum atomic E-state index is -1.28. The van der Waals surface area contributed by atoms with Gasteiger partial charge in [-0.25, -0.2) is 0 Å². The first-order valence-electron chi connectivity index (χ1n) is 3.54. The molecule has 0 atom stereocenters. The van der Waals surface area contributed by atoms with Crippen LogP contribution in [0.25, 0.3) is 0 Å². The molecule has 0 fully saturated rings. The second kappa shape index (κ2) is 4.40. The lowest BCUT2D eigenvalue weighted by Gasteiger charge is -1.99. The number of Topliss-reactive ketones (excluding diaryl/α,β-unsaturated/α-hetero) is 2. The van der Waals surface area contributed by atoms with Crippen molar-refractivity contribution in [3.8, 4) is 0 Å². The Morgan fingerprint density at radius 3 is 2.08 bits per heavy atom. The van der Waals surface area contributed by atoms with Gasteiger partial charge in [0.05, 0.1) is 0 Å². The van der Waals surface area contributed by atoms with Gasteiger partial charge in [-0.05, 0) is 0 Å². The predicted octanol–water partition coefficient (Wildman–Crippen LogP) is 2.24. The molecule has 1 aromatic carbocycles. The zero-order valence-electron chi connectivity index (χ0n) is 6.54. The van der Waals surface area contributed by atoms with Crippen molar-refractivity contribution in [2.45, 2.75) is 4.84 Å². The third-order valence-electron chi connectivity index (χ3n) is 1.46. The highest BCUT2D eigenvalue weighted by atomic mass is 35.5. The van der Waals surface area contributed by atoms with Crippen molar-refractivity contribution in [2.75, 3.05) is 0 Å². The van der Waals surface area contributed by atoms with Gasteiger partial charge in [0.2, 0.25) is 11.6 Å². The highest BCUT2D eigenvalue weighted by Crippen LogP contribution is 2.08. The van der Waals surface area contributed by atoms with Gasteiger partial charge in [0, 0.05) is 5.56 Å². The fraction of sp³-hybridized carbons (Fsp3) is 0.111. The Kier molecular flexibility index (Phi) is 3.46. The number of ketones is 2. The van der Waals surface area contributed by atoms with Crippen LogP contribution in [0, 0.1) is 0 Å². The number of halogens is 2. The zero-order chi connectivity index (χ0) is 9.84. The molecule has 0 spiro atoms. The lowest BCUT2D eigenvalue weighted by molar-refractivity contribution is -0.113. The molecule has 0 aliphatic rings. The maximum absolute atomic E-state index is 11.3. The molecule has 4 heteroatoms. The number of benzene rings is 1. The summed E-state index contributed by atoms with van der Waals surface area (Å²) in [5.41, 5.74) is 0.304. The van der Waals surface area contributed by atoms with E-state index >= 15 is 0 Å². The largest absolute Gasteiger partial charge is 0.287 e. The van der Waals surface area contributed by atoms with Crippen molar-refractivity contribution in [3.05, 3.63) is 35.9 Å². The molecule has 0 bridgehead atoms. The molecule has 0 unspecified atom stereocenters. The highest BCUT2D eigenvalue weighted by Gasteiger charge is 2.21. The van der Waals surface area contributed by atoms with Crippen molar-refractivity contribution in [3.63, 3.8) is 0 Å². The summed E-state index contributed by atoms with van der Waals surface area (Å²) < 4.78 is 0. The number of rotatable bonds is 3. The van der Waals surface area contributed by atoms with Crippen molar-refractivity contribution < 1.29 is 9.59 Å². The molecule has 68 valence electrons. The quantitative estimate of drug-likeness (QED) is 0.442. The number of hydrogen-bond acceptors (Lipinski definition) is 2. The summed E-state index contributed by atoms with van der Waals surface area (Å²) in [7, 11) is 0. The minimum absolute atomic E-state index is 0.304. The average molecular weight is 217 g/mol. The first-order chi connectivity index (χ1) is 6.13. The van der Waals surface area contributed by atoms with Crippen LogP contribution in [0.15, 0.2) is 30.3 Å². The Hall–Kier alpha value is -0.860. The molecule has 1 aromatic rings. The van der Waals surface area contributed by atoms with E-state index in [1.807, 2.05) is 0 Å². The topological polar surface area (TPSA) is 34.1 Å². The van der Waals surface area contributed by atoms with E-state index in [-0.39, 0.29) is 0 Å². The van der Waals surface area contributed by atoms with Crippen molar-refractivity contribution in [2.24, 2.45) is 0 Å². The first kappa shape index (κ1) is 10.2. The second-order valence-electron chi connectivity index (χ2n) is 2.36. The molecule has 0 saturated carbocycles. The Bertz CT molecular complexity index is 320. The van der Waals surface area contributed by atoms with Crippen molar-refractivity contribution in [1.29, 1.82) is 0 Å². The number of alkyl halides is 2. The normalized spacial score (nSPS) is 10.1. The van der Waals surface area contributed by atoms with Crippen molar-refractivity contribution in [1.82, 2.24) is 0 Å². The maximum atomic E-state index is 11.3. The average Bonchev–Trinajstić information content (AvgIpc) is 2.17. The summed E-state index contributed by atoms with van der Waals surface area (Å²) in [5.74, 6) is -1.45. The SMILES string of the molecule is O=C(C(=O)C(Cl)Cl)c1ccccc1. The van der Waals surface area contributed by atoms with E-state index in [1.165, 1.54) is 12.1 Å². The van der Waals surface area contributed by atoms with E-state index in [2.05, 4.69) is 0 Å². The third-order valence-corrected chi connectivity index (χ3v) is 1.85. The molecular formula is C9H6Cl2O2. The van der Waals surface area contributed by atoms with E-state index in [9.17, 15) is 9.59 Å². The van der Waals surface area contributed by atoms with Crippen LogP contribution in [0.2, 0.25) is 0 Å². The van der Waals surface area contributed by atoms with Crippen molar-refractivity contribution >= 4 is 34.8 Å². The lowest BCUT2D eigenvalue weighted by Crippen LogP contribution is -2.20. The van der Waals surface area contributed by atoms with E-state index in [4.69, 9.17) is 23.2 Å². The summed E-state index contributed by atoms with van der Waals surface area (Å²) in [5, 5.41) is 0. The second-order valence-corrected chi connectivity index (χ2v) is 3.46. The Morgan fingerprint density at radius 1 is 1.08 bits per heavy atom. The number of carbonyl (C=O) groups excluding carboxylic acids is 2. The number of carbonyl (C=O) groups is 2. The minimum Gasteiger partial charge on any atom is -0.287 e. The van der Waals surface area contributed by atoms with E-state index < -0.39 is 16.4 Å². The lowest BCUT2D eigenvalue weighted by atomic mass is 10.1. The van der Waals surface area contributed by atoms with Crippen LogP contribution in [0.4, 0.5) is 0 Å². The Morgan fingerprint density at radius 2 is 1.62 bits per heavy atom. The van der Waals surface area contributed by atoms with E-state index in [0.717, 1.165) is 0 Å². The smallest absolute Gasteiger partial charge is 0.236 e. The molecule has 2 nitrogen and oxygen atoms in total. The molecule has 0 aromatic heterocycles. The van der Waals surface area contributed by atoms with Gasteiger partial charge in [-0.15, -0.1) is 0 Å². The van der Waals surface area contributed by atoms with Gasteiger partial charge in [0.15, 0.2) is 4.84 Å². The summed E-state index contributed by atoms with van der Waals surface area (Å²) >= 11 is 10.5. The molecule has 0 saturated heterocycles. The summed E-state index contributed by atoms with van der Waals surface area (Å²) in [6, 6.07) is 8.16. The summed E-state index contributed by atoms with van der Waals surface area (Å²) in [6.45, 7) is 0. The van der Waals surface area contributed by atoms with Crippen LogP contribution in [0.1, 0.15) is 10.4 Å². The fourth-order valence-electron chi connectivity index (χ4n) is 0.831. The molecule has 0 aliphatic carbocycles. The molecule has 13 heavy (non-hydrogen) atoms. The van der Waals surface area contributed by atoms with Crippen LogP contribution in [0.5, 0.6) is 0 Å². The summed E-state index contributed by atoms with van der Waals surface area (Å²) in [6.07, 6.45) is 0. The van der Waals surface area contributed by atoms with E-state index in [0.29, 0.717) is 5.56 Å². The Balaban J connectivity index is 2.87. The molecule has 0 amide bonds. The maximum Gasteiger partial charge on any atom is 0.236 e. The third kappa shape index (κ3) is 2.54. The van der Waals surface area contributed by atoms with Gasteiger partial charge in [-0.2, -0.15) is 0 Å². The van der Waals surface area contributed by atoms with Gasteiger partial charge in [0.1, 0.15) is 0 Å². The Labute approximate surface area is 85.5 Å². The van der Waals surface area contributed by atoms with Gasteiger partial charge in [-0.1, -0.05) is 53.5 Å². The summed E-state index contributed by atoms with van der Waals surface area (Å²) in [4.78, 5) is 21.0. The molecule has 1 rings (SSSR count). The van der Waals surface area contributed by atoms with E-state index in [1.54, 1.807) is 18.2 Å². The molecular weight excluding hydrogens is 211 g/mol. The standard InChI is InChI=1S/C9H6Cl2O2/c10-9(11)8(13)7(12)6-4-2-1-3-5-6/h1-5,9H. The molecule has 0 N–H and O–H groups in total. The fourth-order valence-corrected chi connectivity index (χ4v) is 1.03. The number of hydrogen-bond donors (Lipinski definition) is 0. The van der Waals surface area contributed by atoms with Gasteiger partial charge < -0.3 is 0 Å². The first-order valence-corrected chi connectivity index (χ1v) is 4.42. The van der Waals surface area contributed by atoms with Crippen LogP contribution < -0.4 is 0 Å². The highest BCUT2D eigenvalue weighted by molar-refractivity contribution is 6.65. The molecule has 0 heterocycles. The van der Waals surface area contributed by atoms with Crippen LogP contribution in [-0.2, 0) is 4.79 Å². The van der Waals surface area contributed by atoms with Gasteiger partial charge >= 0.3 is 0 Å².